The van der Waals surface area contributed by atoms with Gasteiger partial charge in [-0.15, -0.1) is 0 Å². The summed E-state index contributed by atoms with van der Waals surface area (Å²) in [5.74, 6) is 0.507. The predicted molar refractivity (Wildman–Crippen MR) is 112 cm³/mol. The molecule has 0 spiro atoms. The first-order chi connectivity index (χ1) is 13.6. The third-order valence-corrected chi connectivity index (χ3v) is 5.24. The summed E-state index contributed by atoms with van der Waals surface area (Å²) in [6, 6.07) is 7.35. The van der Waals surface area contributed by atoms with E-state index in [1.165, 1.54) is 7.11 Å². The molecular weight excluding hydrogens is 368 g/mol. The topological polar surface area (TPSA) is 65.0 Å². The molecule has 0 radical (unpaired) electrons. The smallest absolute Gasteiger partial charge is 0.339 e. The summed E-state index contributed by atoms with van der Waals surface area (Å²) in [5.41, 5.74) is 4.58. The standard InChI is InChI=1S/C24H30O5/c1-14-9-11-18(25)21(20(14)22(23(26)27-6)29-24(3,4)5)17-10-12-19-16(15(17)2)8-7-13-28-19/h9-12,22,25H,7-8,13H2,1-6H3. The molecule has 1 atom stereocenters. The Morgan fingerprint density at radius 1 is 1.17 bits per heavy atom. The molecule has 0 amide bonds. The third kappa shape index (κ3) is 4.25. The SMILES string of the molecule is COC(=O)C(OC(C)(C)C)c1c(C)ccc(O)c1-c1ccc2c(c1C)CCCO2. The molecule has 0 saturated heterocycles. The summed E-state index contributed by atoms with van der Waals surface area (Å²) in [6.45, 7) is 10.3. The van der Waals surface area contributed by atoms with Crippen LogP contribution in [0.1, 0.15) is 55.5 Å². The van der Waals surface area contributed by atoms with Gasteiger partial charge in [0.25, 0.3) is 0 Å². The van der Waals surface area contributed by atoms with Crippen molar-refractivity contribution in [3.05, 3.63) is 46.5 Å². The van der Waals surface area contributed by atoms with Crippen molar-refractivity contribution in [3.8, 4) is 22.6 Å². The van der Waals surface area contributed by atoms with E-state index in [-0.39, 0.29) is 5.75 Å². The summed E-state index contributed by atoms with van der Waals surface area (Å²) in [4.78, 5) is 12.7. The number of fused-ring (bicyclic) bond motifs is 1. The van der Waals surface area contributed by atoms with Gasteiger partial charge in [0, 0.05) is 11.1 Å². The van der Waals surface area contributed by atoms with E-state index in [0.29, 0.717) is 11.1 Å². The van der Waals surface area contributed by atoms with Gasteiger partial charge in [0.2, 0.25) is 0 Å². The Hall–Kier alpha value is -2.53. The van der Waals surface area contributed by atoms with E-state index in [4.69, 9.17) is 14.2 Å². The van der Waals surface area contributed by atoms with E-state index in [9.17, 15) is 9.90 Å². The number of esters is 1. The number of hydrogen-bond donors (Lipinski definition) is 1. The number of ether oxygens (including phenoxy) is 3. The van der Waals surface area contributed by atoms with E-state index in [2.05, 4.69) is 0 Å². The molecule has 0 saturated carbocycles. The Bertz CT molecular complexity index is 924. The van der Waals surface area contributed by atoms with Gasteiger partial charge < -0.3 is 19.3 Å². The molecule has 156 valence electrons. The lowest BCUT2D eigenvalue weighted by Gasteiger charge is -2.29. The van der Waals surface area contributed by atoms with Crippen LogP contribution in [-0.2, 0) is 20.7 Å². The molecule has 1 unspecified atom stereocenters. The molecule has 29 heavy (non-hydrogen) atoms. The van der Waals surface area contributed by atoms with Crippen molar-refractivity contribution in [2.45, 2.75) is 59.2 Å². The third-order valence-electron chi connectivity index (χ3n) is 5.24. The summed E-state index contributed by atoms with van der Waals surface area (Å²) in [7, 11) is 1.35. The number of hydrogen-bond acceptors (Lipinski definition) is 5. The Balaban J connectivity index is 2.26. The Morgan fingerprint density at radius 3 is 2.55 bits per heavy atom. The first-order valence-electron chi connectivity index (χ1n) is 9.97. The number of carbonyl (C=O) groups excluding carboxylic acids is 1. The van der Waals surface area contributed by atoms with Crippen molar-refractivity contribution in [1.29, 1.82) is 0 Å². The van der Waals surface area contributed by atoms with Crippen molar-refractivity contribution in [3.63, 3.8) is 0 Å². The van der Waals surface area contributed by atoms with Crippen molar-refractivity contribution >= 4 is 5.97 Å². The normalized spacial score (nSPS) is 14.7. The fraction of sp³-hybridized carbons (Fsp3) is 0.458. The predicted octanol–water partition coefficient (Wildman–Crippen LogP) is 5.03. The molecule has 3 rings (SSSR count). The first-order valence-corrected chi connectivity index (χ1v) is 9.97. The number of carbonyl (C=O) groups is 1. The molecular formula is C24H30O5. The van der Waals surface area contributed by atoms with Crippen molar-refractivity contribution in [1.82, 2.24) is 0 Å². The minimum Gasteiger partial charge on any atom is -0.507 e. The van der Waals surface area contributed by atoms with Crippen LogP contribution >= 0.6 is 0 Å². The van der Waals surface area contributed by atoms with Crippen molar-refractivity contribution in [2.24, 2.45) is 0 Å². The molecule has 0 aliphatic carbocycles. The number of phenols is 1. The molecule has 0 aromatic heterocycles. The van der Waals surface area contributed by atoms with E-state index in [0.717, 1.165) is 47.5 Å². The van der Waals surface area contributed by atoms with Gasteiger partial charge >= 0.3 is 5.97 Å². The molecule has 5 heteroatoms. The highest BCUT2D eigenvalue weighted by Crippen LogP contribution is 2.44. The van der Waals surface area contributed by atoms with Crippen LogP contribution in [0.5, 0.6) is 11.5 Å². The van der Waals surface area contributed by atoms with Gasteiger partial charge in [0.1, 0.15) is 11.5 Å². The molecule has 5 nitrogen and oxygen atoms in total. The molecule has 2 aromatic carbocycles. The summed E-state index contributed by atoms with van der Waals surface area (Å²) >= 11 is 0. The van der Waals surface area contributed by atoms with Crippen LogP contribution in [0.25, 0.3) is 11.1 Å². The van der Waals surface area contributed by atoms with Crippen LogP contribution < -0.4 is 4.74 Å². The molecule has 0 bridgehead atoms. The van der Waals surface area contributed by atoms with Crippen LogP contribution in [0.2, 0.25) is 0 Å². The van der Waals surface area contributed by atoms with Crippen LogP contribution in [0.4, 0.5) is 0 Å². The lowest BCUT2D eigenvalue weighted by molar-refractivity contribution is -0.164. The fourth-order valence-electron chi connectivity index (χ4n) is 3.90. The summed E-state index contributed by atoms with van der Waals surface area (Å²) in [6.07, 6.45) is 0.936. The van der Waals surface area contributed by atoms with E-state index >= 15 is 0 Å². The number of aromatic hydroxyl groups is 1. The largest absolute Gasteiger partial charge is 0.507 e. The lowest BCUT2D eigenvalue weighted by atomic mass is 9.86. The van der Waals surface area contributed by atoms with Gasteiger partial charge in [-0.25, -0.2) is 4.79 Å². The monoisotopic (exact) mass is 398 g/mol. The fourth-order valence-corrected chi connectivity index (χ4v) is 3.90. The van der Waals surface area contributed by atoms with Crippen molar-refractivity contribution < 1.29 is 24.1 Å². The second kappa shape index (κ2) is 8.07. The zero-order chi connectivity index (χ0) is 21.3. The molecule has 1 heterocycles. The van der Waals surface area contributed by atoms with E-state index in [1.807, 2.05) is 46.8 Å². The van der Waals surface area contributed by atoms with Crippen LogP contribution in [-0.4, -0.2) is 30.4 Å². The number of benzene rings is 2. The average molecular weight is 398 g/mol. The summed E-state index contributed by atoms with van der Waals surface area (Å²) < 4.78 is 17.0. The maximum absolute atomic E-state index is 12.7. The molecule has 1 N–H and O–H groups in total. The van der Waals surface area contributed by atoms with Gasteiger partial charge in [-0.3, -0.25) is 0 Å². The molecule has 1 aliphatic heterocycles. The second-order valence-corrected chi connectivity index (χ2v) is 8.49. The van der Waals surface area contributed by atoms with Gasteiger partial charge in [-0.2, -0.15) is 0 Å². The molecule has 2 aromatic rings. The zero-order valence-corrected chi connectivity index (χ0v) is 18.1. The maximum Gasteiger partial charge on any atom is 0.339 e. The number of aryl methyl sites for hydroxylation is 1. The van der Waals surface area contributed by atoms with E-state index in [1.54, 1.807) is 12.1 Å². The Labute approximate surface area is 172 Å². The van der Waals surface area contributed by atoms with Crippen LogP contribution in [0.3, 0.4) is 0 Å². The maximum atomic E-state index is 12.7. The zero-order valence-electron chi connectivity index (χ0n) is 18.1. The van der Waals surface area contributed by atoms with Gasteiger partial charge in [-0.05, 0) is 81.8 Å². The van der Waals surface area contributed by atoms with Crippen LogP contribution in [0, 0.1) is 13.8 Å². The van der Waals surface area contributed by atoms with Gasteiger partial charge in [0.15, 0.2) is 6.10 Å². The van der Waals surface area contributed by atoms with Gasteiger partial charge in [-0.1, -0.05) is 12.1 Å². The van der Waals surface area contributed by atoms with E-state index < -0.39 is 17.7 Å². The quantitative estimate of drug-likeness (QED) is 0.732. The van der Waals surface area contributed by atoms with Gasteiger partial charge in [0.05, 0.1) is 19.3 Å². The highest BCUT2D eigenvalue weighted by Gasteiger charge is 2.33. The number of phenolic OH excluding ortho intramolecular Hbond substituents is 1. The highest BCUT2D eigenvalue weighted by molar-refractivity contribution is 5.86. The average Bonchev–Trinajstić information content (AvgIpc) is 2.67. The highest BCUT2D eigenvalue weighted by atomic mass is 16.6. The first kappa shape index (κ1) is 21.2. The minimum absolute atomic E-state index is 0.108. The second-order valence-electron chi connectivity index (χ2n) is 8.49. The lowest BCUT2D eigenvalue weighted by Crippen LogP contribution is -2.29. The van der Waals surface area contributed by atoms with Crippen molar-refractivity contribution in [2.75, 3.05) is 13.7 Å². The van der Waals surface area contributed by atoms with Crippen LogP contribution in [0.15, 0.2) is 24.3 Å². The molecule has 0 fully saturated rings. The number of rotatable bonds is 4. The Kier molecular flexibility index (Phi) is 5.90. The number of methoxy groups -OCH3 is 1. The Morgan fingerprint density at radius 2 is 1.90 bits per heavy atom. The summed E-state index contributed by atoms with van der Waals surface area (Å²) in [5, 5.41) is 10.9. The molecule has 1 aliphatic rings. The minimum atomic E-state index is -0.950.